The summed E-state index contributed by atoms with van der Waals surface area (Å²) in [6.07, 6.45) is 0.621. The molecule has 0 aliphatic carbocycles. The Morgan fingerprint density at radius 1 is 1.20 bits per heavy atom. The van der Waals surface area contributed by atoms with E-state index >= 15 is 0 Å². The minimum Gasteiger partial charge on any atom is -0.497 e. The number of nitrogens with two attached hydrogens (primary N) is 1. The van der Waals surface area contributed by atoms with Crippen LogP contribution in [0, 0.1) is 5.82 Å². The zero-order chi connectivity index (χ0) is 21.3. The van der Waals surface area contributed by atoms with Crippen LogP contribution in [0.15, 0.2) is 53.7 Å². The van der Waals surface area contributed by atoms with Crippen LogP contribution in [0.1, 0.15) is 11.4 Å². The van der Waals surface area contributed by atoms with E-state index in [1.165, 1.54) is 28.6 Å². The summed E-state index contributed by atoms with van der Waals surface area (Å²) < 4.78 is 25.0. The Kier molecular flexibility index (Phi) is 7.50. The number of nitrogens with one attached hydrogen (secondary N) is 1. The molecule has 0 atom stereocenters. The van der Waals surface area contributed by atoms with Gasteiger partial charge in [-0.2, -0.15) is 0 Å². The molecule has 30 heavy (non-hydrogen) atoms. The van der Waals surface area contributed by atoms with Gasteiger partial charge in [-0.1, -0.05) is 30.0 Å². The molecule has 0 bridgehead atoms. The molecule has 0 saturated heterocycles. The Hall–Kier alpha value is -3.27. The first kappa shape index (κ1) is 21.4. The van der Waals surface area contributed by atoms with Crippen molar-refractivity contribution < 1.29 is 18.7 Å². The highest BCUT2D eigenvalue weighted by atomic mass is 32.2. The van der Waals surface area contributed by atoms with E-state index in [0.717, 1.165) is 5.56 Å². The third-order valence-corrected chi connectivity index (χ3v) is 5.07. The Morgan fingerprint density at radius 3 is 2.73 bits per heavy atom. The van der Waals surface area contributed by atoms with E-state index in [1.54, 1.807) is 31.4 Å². The van der Waals surface area contributed by atoms with Gasteiger partial charge in [-0.3, -0.25) is 4.79 Å². The smallest absolute Gasteiger partial charge is 0.230 e. The molecule has 0 unspecified atom stereocenters. The third-order valence-electron chi connectivity index (χ3n) is 4.13. The first-order valence-electron chi connectivity index (χ1n) is 9.15. The van der Waals surface area contributed by atoms with Crippen LogP contribution in [0.25, 0.3) is 0 Å². The number of nitrogens with zero attached hydrogens (tertiary/aromatic N) is 3. The van der Waals surface area contributed by atoms with Crippen LogP contribution < -0.4 is 20.6 Å². The van der Waals surface area contributed by atoms with Crippen molar-refractivity contribution >= 4 is 17.7 Å². The van der Waals surface area contributed by atoms with E-state index < -0.39 is 0 Å². The number of carbonyl (C=O) groups is 1. The van der Waals surface area contributed by atoms with Crippen molar-refractivity contribution in [3.63, 3.8) is 0 Å². The highest BCUT2D eigenvalue weighted by Crippen LogP contribution is 2.20. The minimum absolute atomic E-state index is 0.126. The van der Waals surface area contributed by atoms with Crippen molar-refractivity contribution in [1.29, 1.82) is 0 Å². The summed E-state index contributed by atoms with van der Waals surface area (Å²) in [5.74, 6) is 7.45. The highest BCUT2D eigenvalue weighted by molar-refractivity contribution is 7.99. The lowest BCUT2D eigenvalue weighted by Crippen LogP contribution is -2.27. The van der Waals surface area contributed by atoms with Crippen LogP contribution >= 0.6 is 11.8 Å². The molecular formula is C20H22FN5O3S. The van der Waals surface area contributed by atoms with E-state index in [0.29, 0.717) is 35.4 Å². The predicted molar refractivity (Wildman–Crippen MR) is 111 cm³/mol. The molecule has 158 valence electrons. The fourth-order valence-electron chi connectivity index (χ4n) is 2.52. The zero-order valence-corrected chi connectivity index (χ0v) is 17.2. The van der Waals surface area contributed by atoms with E-state index in [9.17, 15) is 9.18 Å². The third kappa shape index (κ3) is 6.11. The molecule has 3 rings (SSSR count). The number of thioether (sulfide) groups is 1. The van der Waals surface area contributed by atoms with Gasteiger partial charge in [0.1, 0.15) is 23.9 Å². The monoisotopic (exact) mass is 431 g/mol. The summed E-state index contributed by atoms with van der Waals surface area (Å²) in [5.41, 5.74) is 0.951. The number of halogens is 1. The lowest BCUT2D eigenvalue weighted by molar-refractivity contribution is -0.118. The molecule has 0 aliphatic rings. The molecule has 0 saturated carbocycles. The molecule has 0 radical (unpaired) electrons. The largest absolute Gasteiger partial charge is 0.497 e. The van der Waals surface area contributed by atoms with Gasteiger partial charge in [0.25, 0.3) is 0 Å². The first-order chi connectivity index (χ1) is 14.5. The van der Waals surface area contributed by atoms with Gasteiger partial charge < -0.3 is 20.6 Å². The maximum atomic E-state index is 12.9. The van der Waals surface area contributed by atoms with E-state index in [-0.39, 0.29) is 24.1 Å². The maximum absolute atomic E-state index is 12.9. The maximum Gasteiger partial charge on any atom is 0.230 e. The van der Waals surface area contributed by atoms with Crippen LogP contribution in [-0.2, 0) is 17.8 Å². The molecule has 10 heteroatoms. The first-order valence-corrected chi connectivity index (χ1v) is 10.1. The second kappa shape index (κ2) is 10.5. The molecular weight excluding hydrogens is 409 g/mol. The number of nitrogen functional groups attached to an aromatic ring is 1. The number of amides is 1. The SMILES string of the molecule is COc1cccc(OCc2nnc(SCC(=O)NCCc3ccc(F)cc3)n2N)c1. The molecule has 0 spiro atoms. The predicted octanol–water partition coefficient (Wildman–Crippen LogP) is 2.17. The van der Waals surface area contributed by atoms with Gasteiger partial charge in [-0.05, 0) is 36.2 Å². The normalized spacial score (nSPS) is 10.6. The molecule has 3 aromatic rings. The van der Waals surface area contributed by atoms with Gasteiger partial charge in [0.2, 0.25) is 11.1 Å². The van der Waals surface area contributed by atoms with Crippen LogP contribution in [-0.4, -0.2) is 40.2 Å². The number of aromatic nitrogens is 3. The number of ether oxygens (including phenoxy) is 2. The second-order valence-electron chi connectivity index (χ2n) is 6.25. The number of methoxy groups -OCH3 is 1. The number of hydrogen-bond donors (Lipinski definition) is 2. The lowest BCUT2D eigenvalue weighted by atomic mass is 10.1. The standard InChI is InChI=1S/C20H22FN5O3S/c1-28-16-3-2-4-17(11-16)29-12-18-24-25-20(26(18)22)30-13-19(27)23-10-9-14-5-7-15(21)8-6-14/h2-8,11H,9-10,12-13,22H2,1H3,(H,23,27). The number of hydrogen-bond acceptors (Lipinski definition) is 7. The Morgan fingerprint density at radius 2 is 1.97 bits per heavy atom. The Bertz CT molecular complexity index is 981. The van der Waals surface area contributed by atoms with Crippen molar-refractivity contribution in [2.75, 3.05) is 25.3 Å². The Labute approximate surface area is 177 Å². The van der Waals surface area contributed by atoms with E-state index in [1.807, 2.05) is 12.1 Å². The van der Waals surface area contributed by atoms with Gasteiger partial charge in [-0.15, -0.1) is 10.2 Å². The van der Waals surface area contributed by atoms with Gasteiger partial charge in [0.05, 0.1) is 12.9 Å². The molecule has 2 aromatic carbocycles. The fraction of sp³-hybridized carbons (Fsp3) is 0.250. The Balaban J connectivity index is 1.42. The zero-order valence-electron chi connectivity index (χ0n) is 16.4. The van der Waals surface area contributed by atoms with Crippen LogP contribution in [0.3, 0.4) is 0 Å². The van der Waals surface area contributed by atoms with Crippen molar-refractivity contribution in [2.24, 2.45) is 0 Å². The van der Waals surface area contributed by atoms with Gasteiger partial charge in [-0.25, -0.2) is 9.07 Å². The molecule has 8 nitrogen and oxygen atoms in total. The molecule has 3 N–H and O–H groups in total. The lowest BCUT2D eigenvalue weighted by Gasteiger charge is -2.08. The molecule has 1 heterocycles. The van der Waals surface area contributed by atoms with Crippen LogP contribution in [0.2, 0.25) is 0 Å². The molecule has 1 aromatic heterocycles. The van der Waals surface area contributed by atoms with Gasteiger partial charge in [0.15, 0.2) is 5.82 Å². The average Bonchev–Trinajstić information content (AvgIpc) is 3.11. The molecule has 0 aliphatic heterocycles. The highest BCUT2D eigenvalue weighted by Gasteiger charge is 2.13. The average molecular weight is 431 g/mol. The quantitative estimate of drug-likeness (QED) is 0.374. The summed E-state index contributed by atoms with van der Waals surface area (Å²) >= 11 is 1.18. The van der Waals surface area contributed by atoms with Crippen LogP contribution in [0.4, 0.5) is 4.39 Å². The van der Waals surface area contributed by atoms with E-state index in [2.05, 4.69) is 15.5 Å². The second-order valence-corrected chi connectivity index (χ2v) is 7.19. The van der Waals surface area contributed by atoms with Gasteiger partial charge in [0, 0.05) is 12.6 Å². The summed E-state index contributed by atoms with van der Waals surface area (Å²) in [6, 6.07) is 13.4. The summed E-state index contributed by atoms with van der Waals surface area (Å²) in [7, 11) is 1.58. The number of carbonyl (C=O) groups excluding carboxylic acids is 1. The molecule has 0 fully saturated rings. The van der Waals surface area contributed by atoms with Crippen LogP contribution in [0.5, 0.6) is 11.5 Å². The molecule has 1 amide bonds. The van der Waals surface area contributed by atoms with E-state index in [4.69, 9.17) is 15.3 Å². The summed E-state index contributed by atoms with van der Waals surface area (Å²) in [4.78, 5) is 12.0. The van der Waals surface area contributed by atoms with Crippen molar-refractivity contribution in [2.45, 2.75) is 18.2 Å². The summed E-state index contributed by atoms with van der Waals surface area (Å²) in [5, 5.41) is 11.2. The van der Waals surface area contributed by atoms with Gasteiger partial charge >= 0.3 is 0 Å². The summed E-state index contributed by atoms with van der Waals surface area (Å²) in [6.45, 7) is 0.584. The fourth-order valence-corrected chi connectivity index (χ4v) is 3.23. The number of rotatable bonds is 10. The van der Waals surface area contributed by atoms with Crippen molar-refractivity contribution in [3.8, 4) is 11.5 Å². The van der Waals surface area contributed by atoms with Crippen molar-refractivity contribution in [1.82, 2.24) is 20.2 Å². The topological polar surface area (TPSA) is 104 Å². The minimum atomic E-state index is -0.279. The number of benzene rings is 2. The van der Waals surface area contributed by atoms with Crippen molar-refractivity contribution in [3.05, 3.63) is 65.7 Å².